The zero-order chi connectivity index (χ0) is 21.0. The molecule has 2 aliphatic rings. The number of benzene rings is 2. The van der Waals surface area contributed by atoms with E-state index in [1.54, 1.807) is 28.6 Å². The van der Waals surface area contributed by atoms with Gasteiger partial charge in [0, 0.05) is 25.7 Å². The third kappa shape index (κ3) is 4.73. The molecule has 160 valence electrons. The fourth-order valence-corrected chi connectivity index (χ4v) is 5.50. The SMILES string of the molecule is O=C(NCc1ccc(S(=O)(=O)N2CCCCC2)cc1)C1CC(c2ccccc2)NN1. The van der Waals surface area contributed by atoms with E-state index in [1.165, 1.54) is 0 Å². The summed E-state index contributed by atoms with van der Waals surface area (Å²) in [6.07, 6.45) is 3.59. The van der Waals surface area contributed by atoms with Crippen LogP contribution in [0.25, 0.3) is 0 Å². The summed E-state index contributed by atoms with van der Waals surface area (Å²) in [5.41, 5.74) is 8.25. The number of sulfonamides is 1. The summed E-state index contributed by atoms with van der Waals surface area (Å²) in [7, 11) is -3.43. The van der Waals surface area contributed by atoms with E-state index >= 15 is 0 Å². The van der Waals surface area contributed by atoms with Crippen LogP contribution in [0.1, 0.15) is 42.9 Å². The van der Waals surface area contributed by atoms with Crippen molar-refractivity contribution in [3.8, 4) is 0 Å². The van der Waals surface area contributed by atoms with Gasteiger partial charge in [0.15, 0.2) is 0 Å². The number of rotatable bonds is 6. The Kier molecular flexibility index (Phi) is 6.48. The standard InChI is InChI=1S/C22H28N4O3S/c27-22(21-15-20(24-25-21)18-7-3-1-4-8-18)23-16-17-9-11-19(12-10-17)30(28,29)26-13-5-2-6-14-26/h1,3-4,7-12,20-21,24-25H,2,5-6,13-16H2,(H,23,27). The van der Waals surface area contributed by atoms with Crippen molar-refractivity contribution in [2.45, 2.75) is 49.2 Å². The fourth-order valence-electron chi connectivity index (χ4n) is 3.98. The number of hydrogen-bond acceptors (Lipinski definition) is 5. The van der Waals surface area contributed by atoms with Gasteiger partial charge in [-0.2, -0.15) is 4.31 Å². The lowest BCUT2D eigenvalue weighted by molar-refractivity contribution is -0.123. The first-order chi connectivity index (χ1) is 14.5. The Balaban J connectivity index is 1.30. The van der Waals surface area contributed by atoms with E-state index < -0.39 is 10.0 Å². The van der Waals surface area contributed by atoms with Gasteiger partial charge in [-0.05, 0) is 42.5 Å². The zero-order valence-electron chi connectivity index (χ0n) is 16.9. The van der Waals surface area contributed by atoms with Crippen LogP contribution in [0, 0.1) is 0 Å². The molecule has 2 atom stereocenters. The third-order valence-electron chi connectivity index (χ3n) is 5.76. The minimum Gasteiger partial charge on any atom is -0.351 e. The summed E-state index contributed by atoms with van der Waals surface area (Å²) in [5.74, 6) is -0.0778. The van der Waals surface area contributed by atoms with Gasteiger partial charge in [-0.1, -0.05) is 48.9 Å². The molecule has 0 saturated carbocycles. The minimum atomic E-state index is -3.43. The molecule has 8 heteroatoms. The normalized spacial score (nSPS) is 22.7. The highest BCUT2D eigenvalue weighted by Gasteiger charge is 2.30. The molecule has 0 aliphatic carbocycles. The average molecular weight is 429 g/mol. The molecule has 30 heavy (non-hydrogen) atoms. The lowest BCUT2D eigenvalue weighted by Gasteiger charge is -2.25. The maximum absolute atomic E-state index is 12.7. The molecule has 2 saturated heterocycles. The first kappa shape index (κ1) is 21.0. The van der Waals surface area contributed by atoms with E-state index in [-0.39, 0.29) is 18.0 Å². The third-order valence-corrected chi connectivity index (χ3v) is 7.68. The first-order valence-corrected chi connectivity index (χ1v) is 11.9. The smallest absolute Gasteiger partial charge is 0.243 e. The number of carbonyl (C=O) groups is 1. The molecule has 2 fully saturated rings. The van der Waals surface area contributed by atoms with Crippen LogP contribution in [0.15, 0.2) is 59.5 Å². The number of carbonyl (C=O) groups excluding carboxylic acids is 1. The molecule has 7 nitrogen and oxygen atoms in total. The summed E-state index contributed by atoms with van der Waals surface area (Å²) in [5, 5.41) is 2.93. The molecule has 2 aromatic carbocycles. The van der Waals surface area contributed by atoms with Crippen LogP contribution in [0.5, 0.6) is 0 Å². The Morgan fingerprint density at radius 2 is 1.67 bits per heavy atom. The van der Waals surface area contributed by atoms with Crippen molar-refractivity contribution in [3.05, 3.63) is 65.7 Å². The molecule has 2 unspecified atom stereocenters. The van der Waals surface area contributed by atoms with Gasteiger partial charge < -0.3 is 5.32 Å². The molecule has 1 amide bonds. The number of nitrogens with one attached hydrogen (secondary N) is 3. The number of nitrogens with zero attached hydrogens (tertiary/aromatic N) is 1. The number of hydrazine groups is 1. The summed E-state index contributed by atoms with van der Waals surface area (Å²) in [6, 6.07) is 16.6. The van der Waals surface area contributed by atoms with E-state index in [9.17, 15) is 13.2 Å². The Morgan fingerprint density at radius 1 is 0.967 bits per heavy atom. The van der Waals surface area contributed by atoms with Crippen molar-refractivity contribution >= 4 is 15.9 Å². The van der Waals surface area contributed by atoms with Crippen LogP contribution in [0.3, 0.4) is 0 Å². The Morgan fingerprint density at radius 3 is 2.37 bits per heavy atom. The summed E-state index contributed by atoms with van der Waals surface area (Å²) in [6.45, 7) is 1.54. The van der Waals surface area contributed by atoms with Gasteiger partial charge in [-0.25, -0.2) is 19.3 Å². The Bertz CT molecular complexity index is 958. The molecule has 2 aromatic rings. The number of amides is 1. The van der Waals surface area contributed by atoms with Crippen LogP contribution in [-0.2, 0) is 21.4 Å². The van der Waals surface area contributed by atoms with Crippen molar-refractivity contribution in [2.75, 3.05) is 13.1 Å². The summed E-state index contributed by atoms with van der Waals surface area (Å²) < 4.78 is 27.0. The van der Waals surface area contributed by atoms with Crippen LogP contribution < -0.4 is 16.2 Å². The first-order valence-electron chi connectivity index (χ1n) is 10.5. The van der Waals surface area contributed by atoms with Gasteiger partial charge in [-0.3, -0.25) is 4.79 Å². The van der Waals surface area contributed by atoms with E-state index in [0.717, 1.165) is 30.4 Å². The monoisotopic (exact) mass is 428 g/mol. The zero-order valence-corrected chi connectivity index (χ0v) is 17.7. The predicted molar refractivity (Wildman–Crippen MR) is 115 cm³/mol. The molecule has 2 aliphatic heterocycles. The predicted octanol–water partition coefficient (Wildman–Crippen LogP) is 2.09. The van der Waals surface area contributed by atoms with Crippen LogP contribution in [-0.4, -0.2) is 37.8 Å². The second-order valence-corrected chi connectivity index (χ2v) is 9.80. The van der Waals surface area contributed by atoms with E-state index in [0.29, 0.717) is 31.0 Å². The van der Waals surface area contributed by atoms with Crippen LogP contribution >= 0.6 is 0 Å². The molecule has 0 radical (unpaired) electrons. The molecule has 2 heterocycles. The van der Waals surface area contributed by atoms with E-state index in [2.05, 4.69) is 16.2 Å². The maximum atomic E-state index is 12.7. The molecule has 0 aromatic heterocycles. The quantitative estimate of drug-likeness (QED) is 0.655. The van der Waals surface area contributed by atoms with Crippen LogP contribution in [0.4, 0.5) is 0 Å². The highest BCUT2D eigenvalue weighted by Crippen LogP contribution is 2.23. The van der Waals surface area contributed by atoms with Crippen LogP contribution in [0.2, 0.25) is 0 Å². The van der Waals surface area contributed by atoms with E-state index in [4.69, 9.17) is 0 Å². The molecule has 0 bridgehead atoms. The van der Waals surface area contributed by atoms with Crippen molar-refractivity contribution < 1.29 is 13.2 Å². The van der Waals surface area contributed by atoms with Crippen molar-refractivity contribution in [2.24, 2.45) is 0 Å². The molecular formula is C22H28N4O3S. The maximum Gasteiger partial charge on any atom is 0.243 e. The fraction of sp³-hybridized carbons (Fsp3) is 0.409. The van der Waals surface area contributed by atoms with Crippen molar-refractivity contribution in [1.29, 1.82) is 0 Å². The van der Waals surface area contributed by atoms with Gasteiger partial charge in [0.05, 0.1) is 4.90 Å². The van der Waals surface area contributed by atoms with E-state index in [1.807, 2.05) is 30.3 Å². The summed E-state index contributed by atoms with van der Waals surface area (Å²) in [4.78, 5) is 12.8. The van der Waals surface area contributed by atoms with Gasteiger partial charge in [0.25, 0.3) is 0 Å². The lowest BCUT2D eigenvalue weighted by atomic mass is 10.0. The molecular weight excluding hydrogens is 400 g/mol. The van der Waals surface area contributed by atoms with Gasteiger partial charge in [-0.15, -0.1) is 0 Å². The second kappa shape index (κ2) is 9.26. The number of piperidine rings is 1. The molecule has 3 N–H and O–H groups in total. The lowest BCUT2D eigenvalue weighted by Crippen LogP contribution is -2.42. The Labute approximate surface area is 177 Å². The van der Waals surface area contributed by atoms with Gasteiger partial charge >= 0.3 is 0 Å². The summed E-state index contributed by atoms with van der Waals surface area (Å²) >= 11 is 0. The molecule has 4 rings (SSSR count). The minimum absolute atomic E-state index is 0.0778. The van der Waals surface area contributed by atoms with Gasteiger partial charge in [0.1, 0.15) is 6.04 Å². The largest absolute Gasteiger partial charge is 0.351 e. The molecule has 0 spiro atoms. The highest BCUT2D eigenvalue weighted by atomic mass is 32.2. The van der Waals surface area contributed by atoms with Crippen molar-refractivity contribution in [3.63, 3.8) is 0 Å². The highest BCUT2D eigenvalue weighted by molar-refractivity contribution is 7.89. The Hall–Kier alpha value is -2.26. The van der Waals surface area contributed by atoms with Gasteiger partial charge in [0.2, 0.25) is 15.9 Å². The average Bonchev–Trinajstić information content (AvgIpc) is 3.29. The number of hydrogen-bond donors (Lipinski definition) is 3. The second-order valence-electron chi connectivity index (χ2n) is 7.87. The van der Waals surface area contributed by atoms with Crippen molar-refractivity contribution in [1.82, 2.24) is 20.5 Å². The topological polar surface area (TPSA) is 90.5 Å².